The number of hydrogen-bond donors (Lipinski definition) is 2. The van der Waals surface area contributed by atoms with Crippen LogP contribution < -0.4 is 10.6 Å². The van der Waals surface area contributed by atoms with Gasteiger partial charge in [0.2, 0.25) is 11.8 Å². The third-order valence-corrected chi connectivity index (χ3v) is 17.8. The van der Waals surface area contributed by atoms with Gasteiger partial charge in [-0.1, -0.05) is 158 Å². The Morgan fingerprint density at radius 2 is 0.722 bits per heavy atom. The van der Waals surface area contributed by atoms with Crippen LogP contribution >= 0.6 is 0 Å². The van der Waals surface area contributed by atoms with Gasteiger partial charge in [-0.05, 0) is 76.8 Å². The number of nitrogens with zero attached hydrogens (tertiary/aromatic N) is 14. The predicted octanol–water partition coefficient (Wildman–Crippen LogP) is 9.89. The molecular weight excluding hydrogens is 1240 g/mol. The van der Waals surface area contributed by atoms with E-state index in [-0.39, 0.29) is 113 Å². The summed E-state index contributed by atoms with van der Waals surface area (Å²) in [5, 5.41) is 40.3. The highest BCUT2D eigenvalue weighted by Gasteiger charge is 2.25. The Bertz CT molecular complexity index is 2600. The number of aromatic nitrogens is 12. The van der Waals surface area contributed by atoms with Crippen LogP contribution in [0.5, 0.6) is 0 Å². The van der Waals surface area contributed by atoms with Crippen molar-refractivity contribution < 1.29 is 47.7 Å². The number of aryl methyl sites for hydroxylation is 4. The second-order valence-electron chi connectivity index (χ2n) is 26.4. The molecule has 546 valence electrons. The van der Waals surface area contributed by atoms with Gasteiger partial charge >= 0.3 is 23.9 Å². The summed E-state index contributed by atoms with van der Waals surface area (Å²) in [7, 11) is 0. The van der Waals surface area contributed by atoms with Gasteiger partial charge in [0, 0.05) is 128 Å². The third kappa shape index (κ3) is 38.9. The molecule has 4 aromatic heterocycles. The monoisotopic (exact) mass is 1360 g/mol. The maximum absolute atomic E-state index is 13.5. The second kappa shape index (κ2) is 51.5. The van der Waals surface area contributed by atoms with E-state index in [2.05, 4.69) is 79.6 Å². The summed E-state index contributed by atoms with van der Waals surface area (Å²) in [5.41, 5.74) is 3.09. The molecule has 26 nitrogen and oxygen atoms in total. The van der Waals surface area contributed by atoms with Crippen LogP contribution in [-0.4, -0.2) is 184 Å². The first-order chi connectivity index (χ1) is 47.4. The number of esters is 4. The lowest BCUT2D eigenvalue weighted by Crippen LogP contribution is -2.41. The first kappa shape index (κ1) is 81.0. The number of carbonyl (C=O) groups excluding carboxylic acids is 6. The van der Waals surface area contributed by atoms with Gasteiger partial charge in [-0.15, -0.1) is 20.4 Å². The van der Waals surface area contributed by atoms with Gasteiger partial charge < -0.3 is 39.4 Å². The minimum atomic E-state index is -0.351. The quantitative estimate of drug-likeness (QED) is 0.0236. The van der Waals surface area contributed by atoms with E-state index in [1.807, 2.05) is 53.3 Å². The van der Waals surface area contributed by atoms with Crippen molar-refractivity contribution in [1.82, 2.24) is 80.4 Å². The van der Waals surface area contributed by atoms with Crippen molar-refractivity contribution in [2.75, 3.05) is 72.2 Å². The zero-order valence-electron chi connectivity index (χ0n) is 59.9. The number of hydrogen-bond acceptors (Lipinski definition) is 20. The Morgan fingerprint density at radius 3 is 1.05 bits per heavy atom. The Morgan fingerprint density at radius 1 is 0.402 bits per heavy atom. The summed E-state index contributed by atoms with van der Waals surface area (Å²) in [5.74, 6) is -1.34. The fourth-order valence-electron chi connectivity index (χ4n) is 12.0. The summed E-state index contributed by atoms with van der Waals surface area (Å²) >= 11 is 0. The molecule has 4 heterocycles. The average Bonchev–Trinajstić information content (AvgIpc) is 2.29. The van der Waals surface area contributed by atoms with Crippen LogP contribution in [0.2, 0.25) is 0 Å². The molecule has 0 unspecified atom stereocenters. The van der Waals surface area contributed by atoms with Crippen LogP contribution in [0.1, 0.15) is 256 Å². The first-order valence-electron chi connectivity index (χ1n) is 37.6. The molecule has 0 bridgehead atoms. The maximum atomic E-state index is 13.5. The lowest BCUT2D eigenvalue weighted by molar-refractivity contribution is -0.145. The van der Waals surface area contributed by atoms with Gasteiger partial charge in [0.15, 0.2) is 0 Å². The average molecular weight is 1360 g/mol. The number of ether oxygens (including phenoxy) is 4. The number of amides is 2. The smallest absolute Gasteiger partial charge is 0.307 e. The Kier molecular flexibility index (Phi) is 43.0. The molecule has 0 radical (unpaired) electrons. The summed E-state index contributed by atoms with van der Waals surface area (Å²) in [6.07, 6.45) is 38.5. The molecule has 1 fully saturated rings. The van der Waals surface area contributed by atoms with E-state index >= 15 is 0 Å². The lowest BCUT2D eigenvalue weighted by atomic mass is 9.85. The van der Waals surface area contributed by atoms with Crippen molar-refractivity contribution in [3.63, 3.8) is 0 Å². The molecule has 1 aliphatic carbocycles. The molecular formula is C71H122N16O10. The van der Waals surface area contributed by atoms with Gasteiger partial charge in [0.05, 0.1) is 74.9 Å². The van der Waals surface area contributed by atoms with Gasteiger partial charge in [-0.3, -0.25) is 47.5 Å². The molecule has 0 spiro atoms. The Labute approximate surface area is 578 Å². The molecule has 2 amide bonds. The predicted molar refractivity (Wildman–Crippen MR) is 370 cm³/mol. The zero-order chi connectivity index (χ0) is 69.2. The van der Waals surface area contributed by atoms with Crippen LogP contribution in [0, 0.1) is 5.92 Å². The summed E-state index contributed by atoms with van der Waals surface area (Å²) in [6, 6.07) is -0.0212. The number of nitrogens with one attached hydrogen (secondary N) is 2. The second-order valence-corrected chi connectivity index (χ2v) is 26.4. The van der Waals surface area contributed by atoms with Crippen molar-refractivity contribution in [3.8, 4) is 0 Å². The van der Waals surface area contributed by atoms with Crippen molar-refractivity contribution in [3.05, 3.63) is 47.6 Å². The SMILES string of the molecule is CCCCCCCn1cc(CCOC(=O)CCN(CCCC(=O)NC[C@H]2CCC[C@@H](NC(=O)CCCN(CCC(=O)OCCc3cn(CCCCCCC)nn3)CCC(=O)OCCc3cn(CCCCCCC)nn3)C2)CCC(=O)OCCc2cn(CCCCCCC)nn2)nn1. The van der Waals surface area contributed by atoms with Gasteiger partial charge in [0.25, 0.3) is 0 Å². The number of rotatable bonds is 59. The van der Waals surface area contributed by atoms with Gasteiger partial charge in [0.1, 0.15) is 0 Å². The van der Waals surface area contributed by atoms with E-state index in [1.54, 1.807) is 0 Å². The molecule has 0 aliphatic heterocycles. The minimum absolute atomic E-state index is 0.0212. The van der Waals surface area contributed by atoms with Crippen LogP contribution in [0.4, 0.5) is 0 Å². The molecule has 1 aliphatic rings. The van der Waals surface area contributed by atoms with E-state index in [0.29, 0.717) is 84.3 Å². The standard InChI is InChI=1S/C71H122N16O10/c1-5-9-13-17-21-42-84-56-62(74-78-84)36-50-94-68(90)32-46-82(47-33-69(91)95-51-37-63-57-85(79-75-63)43-22-18-14-10-6-2)40-26-30-66(88)72-55-60-28-25-29-61(54-60)73-67(89)31-27-41-83(48-34-70(92)96-52-38-64-58-86(80-76-64)44-23-19-15-11-7-3)49-35-71(93)97-53-39-65-59-87(81-77-65)45-24-20-16-12-8-4/h56-61H,5-55H2,1-4H3,(H,72,88)(H,73,89)/t60-,61+/m0/s1. The van der Waals surface area contributed by atoms with Crippen molar-refractivity contribution in [2.45, 2.75) is 291 Å². The summed E-state index contributed by atoms with van der Waals surface area (Å²) < 4.78 is 29.8. The summed E-state index contributed by atoms with van der Waals surface area (Å²) in [6.45, 7) is 15.7. The molecule has 1 saturated carbocycles. The summed E-state index contributed by atoms with van der Waals surface area (Å²) in [4.78, 5) is 82.8. The number of carbonyl (C=O) groups is 6. The highest BCUT2D eigenvalue weighted by Crippen LogP contribution is 2.24. The third-order valence-electron chi connectivity index (χ3n) is 17.8. The Balaban J connectivity index is 1.02. The van der Waals surface area contributed by atoms with Crippen molar-refractivity contribution >= 4 is 35.7 Å². The molecule has 26 heteroatoms. The van der Waals surface area contributed by atoms with E-state index in [0.717, 1.165) is 126 Å². The Hall–Kier alpha value is -6.70. The lowest BCUT2D eigenvalue weighted by Gasteiger charge is -2.30. The van der Waals surface area contributed by atoms with E-state index < -0.39 is 0 Å². The highest BCUT2D eigenvalue weighted by atomic mass is 16.5. The number of unbranched alkanes of at least 4 members (excludes halogenated alkanes) is 16. The molecule has 2 N–H and O–H groups in total. The fourth-order valence-corrected chi connectivity index (χ4v) is 12.0. The van der Waals surface area contributed by atoms with Crippen molar-refractivity contribution in [2.24, 2.45) is 5.92 Å². The molecule has 97 heavy (non-hydrogen) atoms. The van der Waals surface area contributed by atoms with E-state index in [4.69, 9.17) is 18.9 Å². The molecule has 4 aromatic rings. The van der Waals surface area contributed by atoms with Crippen LogP contribution in [0.25, 0.3) is 0 Å². The molecule has 5 rings (SSSR count). The first-order valence-corrected chi connectivity index (χ1v) is 37.6. The molecule has 2 atom stereocenters. The van der Waals surface area contributed by atoms with Crippen molar-refractivity contribution in [1.29, 1.82) is 0 Å². The highest BCUT2D eigenvalue weighted by molar-refractivity contribution is 5.76. The molecule has 0 aromatic carbocycles. The van der Waals surface area contributed by atoms with Crippen LogP contribution in [-0.2, 0) is 99.6 Å². The minimum Gasteiger partial charge on any atom is -0.465 e. The van der Waals surface area contributed by atoms with E-state index in [1.165, 1.54) is 77.0 Å². The fraction of sp³-hybridized carbons (Fsp3) is 0.803. The molecule has 0 saturated heterocycles. The maximum Gasteiger partial charge on any atom is 0.307 e. The topological polar surface area (TPSA) is 293 Å². The van der Waals surface area contributed by atoms with E-state index in [9.17, 15) is 28.8 Å². The largest absolute Gasteiger partial charge is 0.465 e. The van der Waals surface area contributed by atoms with Gasteiger partial charge in [-0.25, -0.2) is 0 Å². The van der Waals surface area contributed by atoms with Gasteiger partial charge in [-0.2, -0.15) is 0 Å². The normalized spacial score (nSPS) is 13.9. The zero-order valence-corrected chi connectivity index (χ0v) is 59.9. The van der Waals surface area contributed by atoms with Crippen LogP contribution in [0.15, 0.2) is 24.8 Å². The van der Waals surface area contributed by atoms with Crippen LogP contribution in [0.3, 0.4) is 0 Å².